The fraction of sp³-hybridized carbons (Fsp3) is 0.611. The summed E-state index contributed by atoms with van der Waals surface area (Å²) >= 11 is 0. The Kier molecular flexibility index (Phi) is 6.45. The molecule has 1 saturated heterocycles. The normalized spacial score (nSPS) is 15.8. The molecule has 0 radical (unpaired) electrons. The molecule has 1 aromatic rings. The molecule has 0 aromatic heterocycles. The van der Waals surface area contributed by atoms with Crippen molar-refractivity contribution < 1.29 is 27.8 Å². The van der Waals surface area contributed by atoms with E-state index in [2.05, 4.69) is 0 Å². The van der Waals surface area contributed by atoms with Crippen molar-refractivity contribution >= 4 is 6.09 Å². The highest BCUT2D eigenvalue weighted by molar-refractivity contribution is 5.68. The molecule has 0 N–H and O–H groups in total. The van der Waals surface area contributed by atoms with Gasteiger partial charge in [0.1, 0.15) is 30.7 Å². The lowest BCUT2D eigenvalue weighted by molar-refractivity contribution is 0.0123. The monoisotopic (exact) mass is 357 g/mol. The Morgan fingerprint density at radius 3 is 2.52 bits per heavy atom. The van der Waals surface area contributed by atoms with Gasteiger partial charge in [0, 0.05) is 32.0 Å². The highest BCUT2D eigenvalue weighted by Gasteiger charge is 2.28. The Labute approximate surface area is 146 Å². The third kappa shape index (κ3) is 6.07. The first-order chi connectivity index (χ1) is 11.8. The molecule has 1 aliphatic rings. The summed E-state index contributed by atoms with van der Waals surface area (Å²) < 4.78 is 42.2. The summed E-state index contributed by atoms with van der Waals surface area (Å²) in [5, 5.41) is 0. The molecule has 0 spiro atoms. The Bertz CT molecular complexity index is 581. The van der Waals surface area contributed by atoms with E-state index in [1.165, 1.54) is 12.1 Å². The highest BCUT2D eigenvalue weighted by Crippen LogP contribution is 2.26. The molecule has 25 heavy (non-hydrogen) atoms. The summed E-state index contributed by atoms with van der Waals surface area (Å²) in [6.07, 6.45) is 0.676. The van der Waals surface area contributed by atoms with Crippen LogP contribution in [0.5, 0.6) is 11.5 Å². The fourth-order valence-corrected chi connectivity index (χ4v) is 2.49. The van der Waals surface area contributed by atoms with Crippen molar-refractivity contribution in [2.24, 2.45) is 0 Å². The van der Waals surface area contributed by atoms with Crippen LogP contribution in [0.1, 0.15) is 33.6 Å². The Morgan fingerprint density at radius 2 is 1.96 bits per heavy atom. The van der Waals surface area contributed by atoms with Crippen LogP contribution >= 0.6 is 0 Å². The van der Waals surface area contributed by atoms with Crippen LogP contribution in [0.25, 0.3) is 0 Å². The average molecular weight is 357 g/mol. The number of halogens is 2. The van der Waals surface area contributed by atoms with Crippen LogP contribution in [-0.2, 0) is 4.74 Å². The number of piperidine rings is 1. The molecule has 1 heterocycles. The molecule has 7 heteroatoms. The third-order valence-electron chi connectivity index (χ3n) is 3.64. The lowest BCUT2D eigenvalue weighted by atomic mass is 10.1. The van der Waals surface area contributed by atoms with Gasteiger partial charge in [0.15, 0.2) is 11.6 Å². The van der Waals surface area contributed by atoms with Gasteiger partial charge in [-0.3, -0.25) is 0 Å². The number of carbonyl (C=O) groups is 1. The summed E-state index contributed by atoms with van der Waals surface area (Å²) in [5.41, 5.74) is -0.528. The molecule has 0 atom stereocenters. The molecule has 5 nitrogen and oxygen atoms in total. The molecule has 0 saturated carbocycles. The van der Waals surface area contributed by atoms with Crippen molar-refractivity contribution in [1.82, 2.24) is 4.90 Å². The van der Waals surface area contributed by atoms with E-state index in [0.717, 1.165) is 0 Å². The van der Waals surface area contributed by atoms with Gasteiger partial charge >= 0.3 is 6.09 Å². The number of ether oxygens (including phenoxy) is 3. The minimum Gasteiger partial charge on any atom is -0.491 e. The molecular formula is C18H25F2NO4. The SMILES string of the molecule is CC(C)(C)OC(=O)N1CCC(Oc2ccc(OCCF)cc2F)CC1. The topological polar surface area (TPSA) is 48.0 Å². The van der Waals surface area contributed by atoms with Gasteiger partial charge < -0.3 is 19.1 Å². The number of likely N-dealkylation sites (tertiary alicyclic amines) is 1. The van der Waals surface area contributed by atoms with Crippen LogP contribution in [0.2, 0.25) is 0 Å². The van der Waals surface area contributed by atoms with E-state index in [-0.39, 0.29) is 30.3 Å². The lowest BCUT2D eigenvalue weighted by Crippen LogP contribution is -2.44. The summed E-state index contributed by atoms with van der Waals surface area (Å²) in [6, 6.07) is 4.20. The highest BCUT2D eigenvalue weighted by atomic mass is 19.1. The third-order valence-corrected chi connectivity index (χ3v) is 3.64. The fourth-order valence-electron chi connectivity index (χ4n) is 2.49. The molecule has 1 aliphatic heterocycles. The molecule has 0 aliphatic carbocycles. The molecule has 1 aromatic carbocycles. The van der Waals surface area contributed by atoms with E-state index in [1.807, 2.05) is 20.8 Å². The van der Waals surface area contributed by atoms with Crippen molar-refractivity contribution in [3.05, 3.63) is 24.0 Å². The summed E-state index contributed by atoms with van der Waals surface area (Å²) in [4.78, 5) is 13.7. The molecule has 1 fully saturated rings. The minimum atomic E-state index is -0.629. The van der Waals surface area contributed by atoms with Crippen LogP contribution in [0.15, 0.2) is 18.2 Å². The van der Waals surface area contributed by atoms with Gasteiger partial charge in [-0.25, -0.2) is 13.6 Å². The zero-order valence-corrected chi connectivity index (χ0v) is 14.9. The van der Waals surface area contributed by atoms with Crippen molar-refractivity contribution in [1.29, 1.82) is 0 Å². The standard InChI is InChI=1S/C18H25F2NO4/c1-18(2,3)25-17(22)21-9-6-13(7-10-21)24-16-5-4-14(12-15(16)20)23-11-8-19/h4-5,12-13H,6-11H2,1-3H3. The van der Waals surface area contributed by atoms with Gasteiger partial charge in [-0.15, -0.1) is 0 Å². The van der Waals surface area contributed by atoms with Crippen LogP contribution in [-0.4, -0.2) is 49.1 Å². The molecule has 0 unspecified atom stereocenters. The van der Waals surface area contributed by atoms with Crippen molar-refractivity contribution in [2.45, 2.75) is 45.3 Å². The molecular weight excluding hydrogens is 332 g/mol. The smallest absolute Gasteiger partial charge is 0.410 e. The van der Waals surface area contributed by atoms with Gasteiger partial charge in [-0.05, 0) is 32.9 Å². The van der Waals surface area contributed by atoms with E-state index >= 15 is 0 Å². The number of carbonyl (C=O) groups excluding carboxylic acids is 1. The maximum atomic E-state index is 14.0. The second kappa shape index (κ2) is 8.36. The van der Waals surface area contributed by atoms with Crippen LogP contribution in [0.4, 0.5) is 13.6 Å². The first-order valence-electron chi connectivity index (χ1n) is 8.41. The summed E-state index contributed by atoms with van der Waals surface area (Å²) in [5.74, 6) is -0.156. The maximum Gasteiger partial charge on any atom is 0.410 e. The minimum absolute atomic E-state index is 0.108. The predicted molar refractivity (Wildman–Crippen MR) is 89.3 cm³/mol. The van der Waals surface area contributed by atoms with Crippen molar-refractivity contribution in [2.75, 3.05) is 26.4 Å². The first-order valence-corrected chi connectivity index (χ1v) is 8.41. The Hall–Kier alpha value is -2.05. The number of rotatable bonds is 5. The predicted octanol–water partition coefficient (Wildman–Crippen LogP) is 3.95. The van der Waals surface area contributed by atoms with Gasteiger partial charge in [0.25, 0.3) is 0 Å². The van der Waals surface area contributed by atoms with Crippen LogP contribution < -0.4 is 9.47 Å². The van der Waals surface area contributed by atoms with Gasteiger partial charge in [0.2, 0.25) is 0 Å². The first kappa shape index (κ1) is 19.3. The molecule has 1 amide bonds. The quantitative estimate of drug-likeness (QED) is 0.801. The average Bonchev–Trinajstić information content (AvgIpc) is 2.54. The Morgan fingerprint density at radius 1 is 1.28 bits per heavy atom. The second-order valence-electron chi connectivity index (χ2n) is 6.91. The lowest BCUT2D eigenvalue weighted by Gasteiger charge is -2.33. The zero-order valence-electron chi connectivity index (χ0n) is 14.9. The van der Waals surface area contributed by atoms with Gasteiger partial charge in [-0.1, -0.05) is 0 Å². The number of hydrogen-bond acceptors (Lipinski definition) is 4. The van der Waals surface area contributed by atoms with Gasteiger partial charge in [0.05, 0.1) is 0 Å². The number of alkyl halides is 1. The molecule has 140 valence electrons. The van der Waals surface area contributed by atoms with E-state index < -0.39 is 18.1 Å². The largest absolute Gasteiger partial charge is 0.491 e. The molecule has 0 bridgehead atoms. The summed E-state index contributed by atoms with van der Waals surface area (Å²) in [7, 11) is 0. The van der Waals surface area contributed by atoms with Gasteiger partial charge in [-0.2, -0.15) is 0 Å². The van der Waals surface area contributed by atoms with E-state index in [4.69, 9.17) is 14.2 Å². The maximum absolute atomic E-state index is 14.0. The number of benzene rings is 1. The number of amides is 1. The van der Waals surface area contributed by atoms with Crippen LogP contribution in [0, 0.1) is 5.82 Å². The van der Waals surface area contributed by atoms with Crippen LogP contribution in [0.3, 0.4) is 0 Å². The van der Waals surface area contributed by atoms with E-state index in [9.17, 15) is 13.6 Å². The zero-order chi connectivity index (χ0) is 18.4. The molecule has 2 rings (SSSR count). The van der Waals surface area contributed by atoms with E-state index in [1.54, 1.807) is 11.0 Å². The number of nitrogens with zero attached hydrogens (tertiary/aromatic N) is 1. The summed E-state index contributed by atoms with van der Waals surface area (Å²) in [6.45, 7) is 5.73. The number of hydrogen-bond donors (Lipinski definition) is 0. The van der Waals surface area contributed by atoms with E-state index in [0.29, 0.717) is 25.9 Å². The second-order valence-corrected chi connectivity index (χ2v) is 6.91. The Balaban J connectivity index is 1.84. The van der Waals surface area contributed by atoms with Crippen molar-refractivity contribution in [3.8, 4) is 11.5 Å². The van der Waals surface area contributed by atoms with Crippen molar-refractivity contribution in [3.63, 3.8) is 0 Å².